The highest BCUT2D eigenvalue weighted by molar-refractivity contribution is 7.80. The van der Waals surface area contributed by atoms with Crippen molar-refractivity contribution in [2.75, 3.05) is 6.54 Å². The largest absolute Gasteiger partial charge is 0.305 e. The van der Waals surface area contributed by atoms with Crippen LogP contribution in [-0.2, 0) is 0 Å². The quantitative estimate of drug-likeness (QED) is 0.148. The molecule has 0 aromatic heterocycles. The number of rotatable bonds is 12. The molecule has 0 aromatic rings. The Hall–Kier alpha value is 0.0500. The molecule has 0 radical (unpaired) electrons. The molecule has 6 atom stereocenters. The number of allylic oxidation sites excluding steroid dienone is 1. The molecule has 6 unspecified atom stereocenters. The van der Waals surface area contributed by atoms with Crippen LogP contribution in [0.5, 0.6) is 0 Å². The predicted molar refractivity (Wildman–Crippen MR) is 127 cm³/mol. The number of hydrogen-bond donors (Lipinski definition) is 2. The van der Waals surface area contributed by atoms with Gasteiger partial charge in [0, 0.05) is 0 Å². The first kappa shape index (κ1) is 25.1. The fourth-order valence-corrected chi connectivity index (χ4v) is 5.10. The summed E-state index contributed by atoms with van der Waals surface area (Å²) in [5.41, 5.74) is 1.45. The van der Waals surface area contributed by atoms with Gasteiger partial charge in [-0.3, -0.25) is 0 Å². The maximum Gasteiger partial charge on any atom is 0.0536 e. The lowest BCUT2D eigenvalue weighted by Crippen LogP contribution is -2.39. The third kappa shape index (κ3) is 9.88. The normalized spacial score (nSPS) is 27.6. The summed E-state index contributed by atoms with van der Waals surface area (Å²) in [5, 5.41) is 4.14. The van der Waals surface area contributed by atoms with Crippen molar-refractivity contribution in [2.24, 2.45) is 29.6 Å². The van der Waals surface area contributed by atoms with Crippen LogP contribution >= 0.6 is 12.6 Å². The van der Waals surface area contributed by atoms with Crippen molar-refractivity contribution in [1.82, 2.24) is 5.32 Å². The molecule has 160 valence electrons. The average molecular weight is 396 g/mol. The third-order valence-electron chi connectivity index (χ3n) is 7.21. The Bertz CT molecular complexity index is 394. The molecule has 0 aliphatic heterocycles. The molecule has 2 heteroatoms. The first-order valence-corrected chi connectivity index (χ1v) is 12.5. The van der Waals surface area contributed by atoms with Crippen molar-refractivity contribution in [3.63, 3.8) is 0 Å². The zero-order valence-electron chi connectivity index (χ0n) is 19.1. The summed E-state index contributed by atoms with van der Waals surface area (Å²) in [4.78, 5) is 0. The van der Waals surface area contributed by atoms with E-state index in [9.17, 15) is 0 Å². The Labute approximate surface area is 177 Å². The maximum atomic E-state index is 5.02. The van der Waals surface area contributed by atoms with Crippen LogP contribution in [0.2, 0.25) is 0 Å². The summed E-state index contributed by atoms with van der Waals surface area (Å²) in [7, 11) is 0. The predicted octanol–water partition coefficient (Wildman–Crippen LogP) is 7.87. The molecule has 0 heterocycles. The highest BCUT2D eigenvalue weighted by atomic mass is 32.1. The van der Waals surface area contributed by atoms with E-state index < -0.39 is 0 Å². The highest BCUT2D eigenvalue weighted by Crippen LogP contribution is 2.36. The summed E-state index contributed by atoms with van der Waals surface area (Å²) in [6.07, 6.45) is 14.7. The lowest BCUT2D eigenvalue weighted by Gasteiger charge is -2.35. The van der Waals surface area contributed by atoms with E-state index in [1.165, 1.54) is 76.2 Å². The molecule has 1 fully saturated rings. The zero-order valence-corrected chi connectivity index (χ0v) is 20.0. The van der Waals surface area contributed by atoms with Crippen molar-refractivity contribution in [1.29, 1.82) is 0 Å². The van der Waals surface area contributed by atoms with E-state index in [-0.39, 0.29) is 0 Å². The van der Waals surface area contributed by atoms with Crippen LogP contribution < -0.4 is 5.32 Å². The van der Waals surface area contributed by atoms with Gasteiger partial charge in [0.15, 0.2) is 0 Å². The second-order valence-electron chi connectivity index (χ2n) is 9.64. The molecule has 0 aromatic carbocycles. The molecule has 27 heavy (non-hydrogen) atoms. The van der Waals surface area contributed by atoms with Gasteiger partial charge in [0.25, 0.3) is 0 Å². The zero-order chi connectivity index (χ0) is 20.2. The van der Waals surface area contributed by atoms with E-state index in [0.717, 1.165) is 24.3 Å². The SMILES string of the molecule is C=C1CCC(C)CCC(C(S)NCC(CCC)CCCCC(C)CC)C1C. The standard InChI is InChI=1S/C25H49NS/c1-7-11-23(13-10-9-12-19(3)8-2)18-26-25(27)24-17-15-20(4)14-16-21(5)22(24)6/h19-20,22-27H,5,7-18H2,1-4,6H3. The Morgan fingerprint density at radius 3 is 2.44 bits per heavy atom. The Morgan fingerprint density at radius 2 is 1.78 bits per heavy atom. The van der Waals surface area contributed by atoms with Gasteiger partial charge in [-0.1, -0.05) is 85.3 Å². The van der Waals surface area contributed by atoms with Gasteiger partial charge in [0.1, 0.15) is 0 Å². The Balaban J connectivity index is 2.46. The fourth-order valence-electron chi connectivity index (χ4n) is 4.59. The first-order chi connectivity index (χ1) is 12.9. The Kier molecular flexibility index (Phi) is 13.1. The van der Waals surface area contributed by atoms with E-state index in [4.69, 9.17) is 12.6 Å². The minimum atomic E-state index is 0.307. The summed E-state index contributed by atoms with van der Waals surface area (Å²) in [6, 6.07) is 0. The van der Waals surface area contributed by atoms with E-state index in [0.29, 0.717) is 17.2 Å². The van der Waals surface area contributed by atoms with Crippen molar-refractivity contribution < 1.29 is 0 Å². The van der Waals surface area contributed by atoms with Gasteiger partial charge in [-0.15, -0.1) is 0 Å². The molecule has 0 spiro atoms. The molecule has 0 amide bonds. The Morgan fingerprint density at radius 1 is 1.07 bits per heavy atom. The van der Waals surface area contributed by atoms with E-state index >= 15 is 0 Å². The van der Waals surface area contributed by atoms with E-state index in [1.54, 1.807) is 0 Å². The van der Waals surface area contributed by atoms with E-state index in [1.807, 2.05) is 0 Å². The van der Waals surface area contributed by atoms with Crippen molar-refractivity contribution in [3.05, 3.63) is 12.2 Å². The highest BCUT2D eigenvalue weighted by Gasteiger charge is 2.28. The summed E-state index contributed by atoms with van der Waals surface area (Å²) in [5.74, 6) is 3.75. The van der Waals surface area contributed by atoms with Crippen LogP contribution in [-0.4, -0.2) is 11.9 Å². The lowest BCUT2D eigenvalue weighted by atomic mass is 9.77. The molecule has 0 bridgehead atoms. The van der Waals surface area contributed by atoms with Gasteiger partial charge < -0.3 is 5.32 Å². The number of hydrogen-bond acceptors (Lipinski definition) is 2. The van der Waals surface area contributed by atoms with Crippen molar-refractivity contribution in [3.8, 4) is 0 Å². The van der Waals surface area contributed by atoms with Gasteiger partial charge in [-0.25, -0.2) is 0 Å². The maximum absolute atomic E-state index is 5.02. The second-order valence-corrected chi connectivity index (χ2v) is 10.2. The van der Waals surface area contributed by atoms with Crippen molar-refractivity contribution in [2.45, 2.75) is 111 Å². The number of nitrogens with one attached hydrogen (secondary N) is 1. The summed E-state index contributed by atoms with van der Waals surface area (Å²) < 4.78 is 0. The smallest absolute Gasteiger partial charge is 0.0536 e. The number of thiol groups is 1. The van der Waals surface area contributed by atoms with E-state index in [2.05, 4.69) is 46.5 Å². The minimum absolute atomic E-state index is 0.307. The second kappa shape index (κ2) is 14.1. The molecule has 1 saturated carbocycles. The van der Waals surface area contributed by atoms with Crippen LogP contribution in [0.15, 0.2) is 12.2 Å². The molecular formula is C25H49NS. The van der Waals surface area contributed by atoms with Crippen LogP contribution in [0.25, 0.3) is 0 Å². The van der Waals surface area contributed by atoms with Gasteiger partial charge >= 0.3 is 0 Å². The van der Waals surface area contributed by atoms with Gasteiger partial charge in [0.2, 0.25) is 0 Å². The lowest BCUT2D eigenvalue weighted by molar-refractivity contribution is 0.268. The van der Waals surface area contributed by atoms with Crippen LogP contribution in [0.1, 0.15) is 105 Å². The fraction of sp³-hybridized carbons (Fsp3) is 0.920. The minimum Gasteiger partial charge on any atom is -0.305 e. The summed E-state index contributed by atoms with van der Waals surface area (Å²) in [6.45, 7) is 17.3. The van der Waals surface area contributed by atoms with Crippen LogP contribution in [0, 0.1) is 29.6 Å². The molecule has 1 N–H and O–H groups in total. The monoisotopic (exact) mass is 395 g/mol. The molecular weight excluding hydrogens is 346 g/mol. The summed E-state index contributed by atoms with van der Waals surface area (Å²) >= 11 is 5.02. The van der Waals surface area contributed by atoms with Crippen LogP contribution in [0.4, 0.5) is 0 Å². The molecule has 0 saturated heterocycles. The molecule has 1 aliphatic rings. The van der Waals surface area contributed by atoms with Gasteiger partial charge in [-0.05, 0) is 68.2 Å². The van der Waals surface area contributed by atoms with Gasteiger partial charge in [0.05, 0.1) is 5.37 Å². The third-order valence-corrected chi connectivity index (χ3v) is 7.78. The van der Waals surface area contributed by atoms with Gasteiger partial charge in [-0.2, -0.15) is 12.6 Å². The molecule has 1 rings (SSSR count). The average Bonchev–Trinajstić information content (AvgIpc) is 2.65. The number of unbranched alkanes of at least 4 members (excludes halogenated alkanes) is 1. The van der Waals surface area contributed by atoms with Crippen LogP contribution in [0.3, 0.4) is 0 Å². The molecule has 1 aliphatic carbocycles. The van der Waals surface area contributed by atoms with Crippen molar-refractivity contribution >= 4 is 12.6 Å². The first-order valence-electron chi connectivity index (χ1n) is 12.0. The topological polar surface area (TPSA) is 12.0 Å². The molecule has 1 nitrogen and oxygen atoms in total.